The summed E-state index contributed by atoms with van der Waals surface area (Å²) in [6.45, 7) is 16.0. The second kappa shape index (κ2) is 16.1. The summed E-state index contributed by atoms with van der Waals surface area (Å²) in [7, 11) is -3.63. The molecule has 0 bridgehead atoms. The third kappa shape index (κ3) is 12.8. The zero-order valence-corrected chi connectivity index (χ0v) is 32.8. The number of aromatic nitrogens is 4. The molecular formula is C37H50N6O9S. The quantitative estimate of drug-likeness (QED) is 0.129. The van der Waals surface area contributed by atoms with Crippen LogP contribution in [-0.2, 0) is 39.9 Å². The number of rotatable bonds is 10. The van der Waals surface area contributed by atoms with Crippen molar-refractivity contribution in [3.63, 3.8) is 0 Å². The van der Waals surface area contributed by atoms with Crippen molar-refractivity contribution in [3.05, 3.63) is 54.0 Å². The summed E-state index contributed by atoms with van der Waals surface area (Å²) in [5.74, 6) is -0.300. The van der Waals surface area contributed by atoms with Crippen LogP contribution in [0.1, 0.15) is 92.8 Å². The van der Waals surface area contributed by atoms with E-state index < -0.39 is 45.2 Å². The number of aromatic amines is 1. The number of benzene rings is 1. The molecule has 1 aromatic carbocycles. The Labute approximate surface area is 311 Å². The fourth-order valence-corrected chi connectivity index (χ4v) is 5.85. The van der Waals surface area contributed by atoms with Gasteiger partial charge in [0.25, 0.3) is 10.1 Å². The lowest BCUT2D eigenvalue weighted by Gasteiger charge is -2.28. The van der Waals surface area contributed by atoms with E-state index in [4.69, 9.17) is 23.4 Å². The Morgan fingerprint density at radius 2 is 1.49 bits per heavy atom. The van der Waals surface area contributed by atoms with Crippen molar-refractivity contribution in [3.8, 4) is 22.8 Å². The van der Waals surface area contributed by atoms with Gasteiger partial charge >= 0.3 is 18.2 Å². The summed E-state index contributed by atoms with van der Waals surface area (Å²) in [6.07, 6.45) is 4.55. The molecule has 16 heteroatoms. The molecule has 1 aliphatic carbocycles. The van der Waals surface area contributed by atoms with Gasteiger partial charge in [0.15, 0.2) is 11.6 Å². The van der Waals surface area contributed by atoms with Crippen LogP contribution in [0.2, 0.25) is 0 Å². The standard InChI is InChI=1S/C37H50N6O9S/c1-35(2,3)49-29(44)22-38-19-23-11-13-24(14-12-23)28-20-39-31(42-28)30-32(43(33(45)50-36(4,5)6)34(46)51-37(7,8)9)40-21-27(41-30)25-15-17-26(18-16-25)52-53(10,47)48/h11-15,20-21,26,38H,16-19,22H2,1-10H3,(H,39,42). The van der Waals surface area contributed by atoms with Crippen LogP contribution in [0.4, 0.5) is 15.4 Å². The van der Waals surface area contributed by atoms with Crippen LogP contribution in [0.15, 0.2) is 42.7 Å². The molecule has 15 nitrogen and oxygen atoms in total. The van der Waals surface area contributed by atoms with Gasteiger partial charge in [-0.25, -0.2) is 24.5 Å². The van der Waals surface area contributed by atoms with E-state index in [1.807, 2.05) is 51.1 Å². The number of hydrogen-bond donors (Lipinski definition) is 2. The first-order chi connectivity index (χ1) is 24.5. The first-order valence-electron chi connectivity index (χ1n) is 17.2. The molecule has 0 fully saturated rings. The van der Waals surface area contributed by atoms with E-state index in [1.54, 1.807) is 47.7 Å². The lowest BCUT2D eigenvalue weighted by Crippen LogP contribution is -2.44. The molecule has 1 aliphatic rings. The Morgan fingerprint density at radius 1 is 0.887 bits per heavy atom. The normalized spacial score (nSPS) is 15.4. The fourth-order valence-electron chi connectivity index (χ4n) is 5.18. The van der Waals surface area contributed by atoms with Crippen LogP contribution >= 0.6 is 0 Å². The van der Waals surface area contributed by atoms with E-state index in [-0.39, 0.29) is 29.9 Å². The van der Waals surface area contributed by atoms with Crippen molar-refractivity contribution in [2.75, 3.05) is 17.7 Å². The SMILES string of the molecule is CC(C)(C)OC(=O)CNCc1ccc(-c2cnc(-c3nc(C4=CCC(OS(C)(=O)=O)CC4)cnc3N(C(=O)OC(C)(C)C)C(=O)OC(C)(C)C)[nH]2)cc1. The molecule has 2 heterocycles. The zero-order chi connectivity index (χ0) is 39.4. The summed E-state index contributed by atoms with van der Waals surface area (Å²) in [5, 5.41) is 3.09. The zero-order valence-electron chi connectivity index (χ0n) is 32.0. The molecule has 2 aromatic heterocycles. The van der Waals surface area contributed by atoms with Crippen molar-refractivity contribution < 1.29 is 41.2 Å². The van der Waals surface area contributed by atoms with Crippen molar-refractivity contribution >= 4 is 39.7 Å². The first-order valence-corrected chi connectivity index (χ1v) is 19.1. The molecule has 288 valence electrons. The van der Waals surface area contributed by atoms with Crippen LogP contribution in [-0.4, -0.2) is 82.2 Å². The van der Waals surface area contributed by atoms with Crippen molar-refractivity contribution in [1.82, 2.24) is 25.3 Å². The summed E-state index contributed by atoms with van der Waals surface area (Å²) in [6, 6.07) is 7.60. The highest BCUT2D eigenvalue weighted by molar-refractivity contribution is 7.86. The number of H-pyrrole nitrogens is 1. The lowest BCUT2D eigenvalue weighted by molar-refractivity contribution is -0.153. The number of carbonyl (C=O) groups is 3. The molecule has 1 atom stereocenters. The maximum atomic E-state index is 13.6. The molecule has 0 saturated carbocycles. The van der Waals surface area contributed by atoms with Gasteiger partial charge < -0.3 is 24.5 Å². The third-order valence-electron chi connectivity index (χ3n) is 7.20. The van der Waals surface area contributed by atoms with Gasteiger partial charge in [0, 0.05) is 6.54 Å². The number of anilines is 1. The second-order valence-corrected chi connectivity index (χ2v) is 17.3. The van der Waals surface area contributed by atoms with E-state index in [9.17, 15) is 22.8 Å². The van der Waals surface area contributed by atoms with E-state index in [1.165, 1.54) is 6.20 Å². The molecule has 2 N–H and O–H groups in total. The molecule has 0 radical (unpaired) electrons. The van der Waals surface area contributed by atoms with E-state index in [2.05, 4.69) is 20.3 Å². The molecular weight excluding hydrogens is 705 g/mol. The fraction of sp³-hybridized carbons (Fsp3) is 0.514. The molecule has 4 rings (SSSR count). The number of ether oxygens (including phenoxy) is 3. The number of carbonyl (C=O) groups excluding carboxylic acids is 3. The van der Waals surface area contributed by atoms with Crippen molar-refractivity contribution in [2.45, 2.75) is 111 Å². The van der Waals surface area contributed by atoms with Gasteiger partial charge in [-0.3, -0.25) is 8.98 Å². The maximum absolute atomic E-state index is 13.6. The number of nitrogens with one attached hydrogen (secondary N) is 2. The number of amides is 2. The number of esters is 1. The number of hydrogen-bond acceptors (Lipinski definition) is 13. The monoisotopic (exact) mass is 754 g/mol. The van der Waals surface area contributed by atoms with E-state index in [0.29, 0.717) is 42.1 Å². The molecule has 0 saturated heterocycles. The average molecular weight is 755 g/mol. The average Bonchev–Trinajstić information content (AvgIpc) is 3.49. The topological polar surface area (TPSA) is 192 Å². The molecule has 2 amide bonds. The van der Waals surface area contributed by atoms with Crippen molar-refractivity contribution in [2.24, 2.45) is 0 Å². The Kier molecular flexibility index (Phi) is 12.5. The van der Waals surface area contributed by atoms with Crippen molar-refractivity contribution in [1.29, 1.82) is 0 Å². The first kappa shape index (κ1) is 41.1. The Balaban J connectivity index is 1.70. The highest BCUT2D eigenvalue weighted by atomic mass is 32.2. The van der Waals surface area contributed by atoms with Gasteiger partial charge in [-0.1, -0.05) is 30.3 Å². The minimum atomic E-state index is -3.63. The summed E-state index contributed by atoms with van der Waals surface area (Å²) in [5.41, 5.74) is 1.15. The van der Waals surface area contributed by atoms with Crippen LogP contribution in [0.25, 0.3) is 28.3 Å². The molecule has 53 heavy (non-hydrogen) atoms. The minimum Gasteiger partial charge on any atom is -0.459 e. The van der Waals surface area contributed by atoms with Gasteiger partial charge in [-0.15, -0.1) is 0 Å². The number of allylic oxidation sites excluding steroid dienone is 1. The lowest BCUT2D eigenvalue weighted by atomic mass is 9.95. The van der Waals surface area contributed by atoms with E-state index in [0.717, 1.165) is 23.0 Å². The Hall–Kier alpha value is -4.67. The summed E-state index contributed by atoms with van der Waals surface area (Å²) < 4.78 is 45.1. The predicted octanol–water partition coefficient (Wildman–Crippen LogP) is 6.55. The Bertz CT molecular complexity index is 1910. The van der Waals surface area contributed by atoms with Gasteiger partial charge in [-0.05, 0) is 98.3 Å². The number of imide groups is 1. The van der Waals surface area contributed by atoms with Gasteiger partial charge in [-0.2, -0.15) is 13.3 Å². The van der Waals surface area contributed by atoms with Gasteiger partial charge in [0.1, 0.15) is 22.5 Å². The van der Waals surface area contributed by atoms with E-state index >= 15 is 0 Å². The predicted molar refractivity (Wildman–Crippen MR) is 199 cm³/mol. The summed E-state index contributed by atoms with van der Waals surface area (Å²) >= 11 is 0. The minimum absolute atomic E-state index is 0.0703. The summed E-state index contributed by atoms with van der Waals surface area (Å²) in [4.78, 5) is 57.3. The highest BCUT2D eigenvalue weighted by Crippen LogP contribution is 2.34. The number of nitrogens with zero attached hydrogens (tertiary/aromatic N) is 4. The molecule has 3 aromatic rings. The van der Waals surface area contributed by atoms with Crippen LogP contribution in [0, 0.1) is 0 Å². The number of imidazole rings is 1. The second-order valence-electron chi connectivity index (χ2n) is 15.7. The molecule has 1 unspecified atom stereocenters. The van der Waals surface area contributed by atoms with Gasteiger partial charge in [0.2, 0.25) is 0 Å². The van der Waals surface area contributed by atoms with Crippen LogP contribution in [0.5, 0.6) is 0 Å². The Morgan fingerprint density at radius 3 is 2.02 bits per heavy atom. The third-order valence-corrected chi connectivity index (χ3v) is 7.83. The van der Waals surface area contributed by atoms with Crippen LogP contribution < -0.4 is 10.2 Å². The largest absolute Gasteiger partial charge is 0.459 e. The van der Waals surface area contributed by atoms with Gasteiger partial charge in [0.05, 0.1) is 42.7 Å². The maximum Gasteiger partial charge on any atom is 0.425 e. The molecule has 0 spiro atoms. The highest BCUT2D eigenvalue weighted by Gasteiger charge is 2.37. The molecule has 0 aliphatic heterocycles. The van der Waals surface area contributed by atoms with Crippen LogP contribution in [0.3, 0.4) is 0 Å². The smallest absolute Gasteiger partial charge is 0.425 e.